The number of aromatic nitrogens is 5. The number of nitrogens with zero attached hydrogens (tertiary/aromatic N) is 5. The standard InChI is InChI=1S/C17H19N5O2S/c1-3-4-5-13(17(23)24)25-16-14-15(18-10-19-16)22(21-20-14)12-8-6-11(2)7-9-12/h6-10,13H,3-5H2,1-2H3,(H,23,24)/t13-/m1/s1. The molecule has 0 bridgehead atoms. The first-order valence-corrected chi connectivity index (χ1v) is 9.01. The predicted octanol–water partition coefficient (Wildman–Crippen LogP) is 3.25. The number of fused-ring (bicyclic) bond motifs is 1. The number of hydrogen-bond donors (Lipinski definition) is 1. The molecule has 0 aliphatic carbocycles. The number of thioether (sulfide) groups is 1. The quantitative estimate of drug-likeness (QED) is 0.512. The topological polar surface area (TPSA) is 93.8 Å². The third-order valence-corrected chi connectivity index (χ3v) is 5.08. The molecule has 0 fully saturated rings. The molecule has 1 aromatic carbocycles. The second-order valence-electron chi connectivity index (χ2n) is 5.77. The van der Waals surface area contributed by atoms with Crippen molar-refractivity contribution in [1.82, 2.24) is 25.0 Å². The van der Waals surface area contributed by atoms with Crippen LogP contribution in [0.3, 0.4) is 0 Å². The maximum Gasteiger partial charge on any atom is 0.317 e. The summed E-state index contributed by atoms with van der Waals surface area (Å²) in [7, 11) is 0. The molecule has 130 valence electrons. The van der Waals surface area contributed by atoms with Gasteiger partial charge >= 0.3 is 5.97 Å². The molecule has 8 heteroatoms. The van der Waals surface area contributed by atoms with Gasteiger partial charge in [0, 0.05) is 0 Å². The third kappa shape index (κ3) is 3.79. The first kappa shape index (κ1) is 17.3. The highest BCUT2D eigenvalue weighted by Gasteiger charge is 2.22. The van der Waals surface area contributed by atoms with Crippen molar-refractivity contribution in [2.24, 2.45) is 0 Å². The number of carbonyl (C=O) groups is 1. The minimum atomic E-state index is -0.837. The van der Waals surface area contributed by atoms with E-state index in [0.717, 1.165) is 24.1 Å². The van der Waals surface area contributed by atoms with Crippen LogP contribution in [0.2, 0.25) is 0 Å². The van der Waals surface area contributed by atoms with Crippen LogP contribution in [0.4, 0.5) is 0 Å². The van der Waals surface area contributed by atoms with Gasteiger partial charge in [-0.1, -0.05) is 54.4 Å². The van der Waals surface area contributed by atoms with Crippen LogP contribution in [0.15, 0.2) is 35.6 Å². The molecule has 1 N–H and O–H groups in total. The zero-order valence-electron chi connectivity index (χ0n) is 14.1. The van der Waals surface area contributed by atoms with Crippen molar-refractivity contribution in [2.75, 3.05) is 0 Å². The van der Waals surface area contributed by atoms with Gasteiger partial charge in [0.15, 0.2) is 11.2 Å². The number of unbranched alkanes of at least 4 members (excludes halogenated alkanes) is 1. The SMILES string of the molecule is CCCC[C@@H](Sc1ncnc2c1nnn2-c1ccc(C)cc1)C(=O)O. The first-order chi connectivity index (χ1) is 12.1. The van der Waals surface area contributed by atoms with Crippen LogP contribution in [0, 0.1) is 6.92 Å². The Morgan fingerprint density at radius 2 is 2.04 bits per heavy atom. The Morgan fingerprint density at radius 3 is 2.72 bits per heavy atom. The number of hydrogen-bond acceptors (Lipinski definition) is 6. The number of rotatable bonds is 7. The van der Waals surface area contributed by atoms with E-state index in [-0.39, 0.29) is 0 Å². The summed E-state index contributed by atoms with van der Waals surface area (Å²) in [5.74, 6) is -0.837. The molecule has 7 nitrogen and oxygen atoms in total. The van der Waals surface area contributed by atoms with E-state index < -0.39 is 11.2 Å². The Hall–Kier alpha value is -2.48. The summed E-state index contributed by atoms with van der Waals surface area (Å²) in [6.07, 6.45) is 3.83. The Labute approximate surface area is 149 Å². The molecule has 0 amide bonds. The van der Waals surface area contributed by atoms with Gasteiger partial charge in [0.1, 0.15) is 16.6 Å². The molecular formula is C17H19N5O2S. The average Bonchev–Trinajstić information content (AvgIpc) is 3.04. The van der Waals surface area contributed by atoms with Crippen LogP contribution in [-0.4, -0.2) is 41.3 Å². The summed E-state index contributed by atoms with van der Waals surface area (Å²) in [6, 6.07) is 7.87. The van der Waals surface area contributed by atoms with Crippen LogP contribution in [0.25, 0.3) is 16.9 Å². The Kier molecular flexibility index (Phi) is 5.28. The molecule has 0 aliphatic heterocycles. The zero-order valence-corrected chi connectivity index (χ0v) is 14.9. The Morgan fingerprint density at radius 1 is 1.28 bits per heavy atom. The number of carboxylic acid groups (broad SMARTS) is 1. The van der Waals surface area contributed by atoms with Crippen LogP contribution in [0.5, 0.6) is 0 Å². The fourth-order valence-corrected chi connectivity index (χ4v) is 3.44. The van der Waals surface area contributed by atoms with Gasteiger partial charge in [0.05, 0.1) is 5.69 Å². The van der Waals surface area contributed by atoms with Crippen molar-refractivity contribution in [1.29, 1.82) is 0 Å². The Bertz CT molecular complexity index is 878. The highest BCUT2D eigenvalue weighted by Crippen LogP contribution is 2.30. The molecule has 3 aromatic rings. The van der Waals surface area contributed by atoms with Crippen LogP contribution in [-0.2, 0) is 4.79 Å². The number of benzene rings is 1. The molecular weight excluding hydrogens is 338 g/mol. The average molecular weight is 357 g/mol. The number of aliphatic carboxylic acids is 1. The maximum absolute atomic E-state index is 11.5. The lowest BCUT2D eigenvalue weighted by molar-refractivity contribution is -0.136. The molecule has 0 saturated carbocycles. The van der Waals surface area contributed by atoms with Crippen LogP contribution < -0.4 is 0 Å². The fourth-order valence-electron chi connectivity index (χ4n) is 2.43. The summed E-state index contributed by atoms with van der Waals surface area (Å²) in [5.41, 5.74) is 3.10. The summed E-state index contributed by atoms with van der Waals surface area (Å²) in [5, 5.41) is 17.8. The molecule has 0 saturated heterocycles. The van der Waals surface area contributed by atoms with E-state index >= 15 is 0 Å². The monoisotopic (exact) mass is 357 g/mol. The van der Waals surface area contributed by atoms with Crippen molar-refractivity contribution in [3.63, 3.8) is 0 Å². The molecule has 3 rings (SSSR count). The van der Waals surface area contributed by atoms with Gasteiger partial charge < -0.3 is 5.11 Å². The third-order valence-electron chi connectivity index (χ3n) is 3.83. The molecule has 0 radical (unpaired) electrons. The lowest BCUT2D eigenvalue weighted by atomic mass is 10.2. The smallest absolute Gasteiger partial charge is 0.317 e. The van der Waals surface area contributed by atoms with Gasteiger partial charge in [-0.15, -0.1) is 5.10 Å². The first-order valence-electron chi connectivity index (χ1n) is 8.13. The summed E-state index contributed by atoms with van der Waals surface area (Å²) in [6.45, 7) is 4.06. The predicted molar refractivity (Wildman–Crippen MR) is 96.0 cm³/mol. The molecule has 1 atom stereocenters. The maximum atomic E-state index is 11.5. The minimum absolute atomic E-state index is 0.524. The highest BCUT2D eigenvalue weighted by molar-refractivity contribution is 8.00. The molecule has 0 spiro atoms. The van der Waals surface area contributed by atoms with E-state index in [1.165, 1.54) is 18.1 Å². The minimum Gasteiger partial charge on any atom is -0.480 e. The van der Waals surface area contributed by atoms with Gasteiger partial charge in [-0.05, 0) is 25.5 Å². The summed E-state index contributed by atoms with van der Waals surface area (Å²) in [4.78, 5) is 20.0. The van der Waals surface area contributed by atoms with Crippen molar-refractivity contribution in [3.8, 4) is 5.69 Å². The lowest BCUT2D eigenvalue weighted by Crippen LogP contribution is -2.16. The van der Waals surface area contributed by atoms with E-state index in [1.54, 1.807) is 4.68 Å². The van der Waals surface area contributed by atoms with E-state index in [4.69, 9.17) is 0 Å². The van der Waals surface area contributed by atoms with Crippen LogP contribution >= 0.6 is 11.8 Å². The fraction of sp³-hybridized carbons (Fsp3) is 0.353. The number of aryl methyl sites for hydroxylation is 1. The second kappa shape index (κ2) is 7.60. The summed E-state index contributed by atoms with van der Waals surface area (Å²) < 4.78 is 1.64. The molecule has 0 aliphatic rings. The zero-order chi connectivity index (χ0) is 17.8. The largest absolute Gasteiger partial charge is 0.480 e. The van der Waals surface area contributed by atoms with Crippen molar-refractivity contribution < 1.29 is 9.90 Å². The van der Waals surface area contributed by atoms with E-state index in [2.05, 4.69) is 20.3 Å². The molecule has 2 aromatic heterocycles. The highest BCUT2D eigenvalue weighted by atomic mass is 32.2. The molecule has 25 heavy (non-hydrogen) atoms. The Balaban J connectivity index is 1.95. The molecule has 0 unspecified atom stereocenters. The van der Waals surface area contributed by atoms with Crippen molar-refractivity contribution >= 4 is 28.9 Å². The lowest BCUT2D eigenvalue weighted by Gasteiger charge is -2.10. The van der Waals surface area contributed by atoms with Gasteiger partial charge in [-0.2, -0.15) is 4.68 Å². The van der Waals surface area contributed by atoms with E-state index in [1.807, 2.05) is 38.1 Å². The van der Waals surface area contributed by atoms with Gasteiger partial charge in [-0.25, -0.2) is 9.97 Å². The summed E-state index contributed by atoms with van der Waals surface area (Å²) >= 11 is 1.21. The second-order valence-corrected chi connectivity index (χ2v) is 6.97. The van der Waals surface area contributed by atoms with E-state index in [0.29, 0.717) is 22.6 Å². The van der Waals surface area contributed by atoms with E-state index in [9.17, 15) is 9.90 Å². The van der Waals surface area contributed by atoms with Gasteiger partial charge in [0.25, 0.3) is 0 Å². The molecule has 2 heterocycles. The van der Waals surface area contributed by atoms with Gasteiger partial charge in [-0.3, -0.25) is 4.79 Å². The van der Waals surface area contributed by atoms with Crippen LogP contribution in [0.1, 0.15) is 31.7 Å². The van der Waals surface area contributed by atoms with Gasteiger partial charge in [0.2, 0.25) is 0 Å². The van der Waals surface area contributed by atoms with Crippen molar-refractivity contribution in [2.45, 2.75) is 43.4 Å². The number of carboxylic acids is 1. The normalized spacial score (nSPS) is 12.4. The van der Waals surface area contributed by atoms with Crippen molar-refractivity contribution in [3.05, 3.63) is 36.2 Å².